The summed E-state index contributed by atoms with van der Waals surface area (Å²) in [6, 6.07) is 4.45. The Bertz CT molecular complexity index is 746. The Balaban J connectivity index is 2.39. The summed E-state index contributed by atoms with van der Waals surface area (Å²) < 4.78 is 0. The SMILES string of the molecule is CC/C(C)=N/NC(=O)c1[nH]c2ccc([N+](=O)[O-])cc2c1C. The van der Waals surface area contributed by atoms with E-state index >= 15 is 0 Å². The fraction of sp³-hybridized carbons (Fsp3) is 0.286. The van der Waals surface area contributed by atoms with Gasteiger partial charge in [0.15, 0.2) is 0 Å². The number of H-pyrrole nitrogens is 1. The summed E-state index contributed by atoms with van der Waals surface area (Å²) in [5, 5.41) is 15.4. The van der Waals surface area contributed by atoms with Crippen LogP contribution < -0.4 is 5.43 Å². The molecule has 2 rings (SSSR count). The molecule has 0 unspecified atom stereocenters. The van der Waals surface area contributed by atoms with E-state index in [9.17, 15) is 14.9 Å². The second-order valence-corrected chi connectivity index (χ2v) is 4.75. The smallest absolute Gasteiger partial charge is 0.288 e. The molecule has 0 atom stereocenters. The Morgan fingerprint density at radius 1 is 1.48 bits per heavy atom. The van der Waals surface area contributed by atoms with Gasteiger partial charge in [0.1, 0.15) is 5.69 Å². The summed E-state index contributed by atoms with van der Waals surface area (Å²) in [6.07, 6.45) is 0.748. The molecule has 1 aromatic carbocycles. The van der Waals surface area contributed by atoms with Crippen molar-refractivity contribution in [2.75, 3.05) is 0 Å². The molecule has 7 nitrogen and oxygen atoms in total. The van der Waals surface area contributed by atoms with Crippen molar-refractivity contribution in [3.63, 3.8) is 0 Å². The average molecular weight is 288 g/mol. The van der Waals surface area contributed by atoms with Crippen molar-refractivity contribution >= 4 is 28.2 Å². The van der Waals surface area contributed by atoms with Gasteiger partial charge >= 0.3 is 0 Å². The molecule has 2 N–H and O–H groups in total. The number of hydrogen-bond acceptors (Lipinski definition) is 4. The predicted octanol–water partition coefficient (Wildman–Crippen LogP) is 2.90. The van der Waals surface area contributed by atoms with Crippen LogP contribution in [0.5, 0.6) is 0 Å². The number of hydrogen-bond donors (Lipinski definition) is 2. The summed E-state index contributed by atoms with van der Waals surface area (Å²) in [5.74, 6) is -0.362. The first-order valence-corrected chi connectivity index (χ1v) is 6.54. The van der Waals surface area contributed by atoms with E-state index in [4.69, 9.17) is 0 Å². The van der Waals surface area contributed by atoms with Gasteiger partial charge in [-0.1, -0.05) is 6.92 Å². The standard InChI is InChI=1S/C14H16N4O3/c1-4-8(2)16-17-14(19)13-9(3)11-7-10(18(20)21)5-6-12(11)15-13/h5-7,15H,4H2,1-3H3,(H,17,19)/b16-8+. The van der Waals surface area contributed by atoms with Crippen molar-refractivity contribution in [2.45, 2.75) is 27.2 Å². The molecule has 0 saturated heterocycles. The Labute approximate surface area is 121 Å². The predicted molar refractivity (Wildman–Crippen MR) is 80.6 cm³/mol. The molecule has 2 aromatic rings. The second-order valence-electron chi connectivity index (χ2n) is 4.75. The number of nitro groups is 1. The third kappa shape index (κ3) is 2.91. The molecule has 0 saturated carbocycles. The van der Waals surface area contributed by atoms with E-state index in [-0.39, 0.29) is 11.6 Å². The zero-order valence-electron chi connectivity index (χ0n) is 12.1. The number of nitrogens with zero attached hydrogens (tertiary/aromatic N) is 2. The van der Waals surface area contributed by atoms with E-state index < -0.39 is 4.92 Å². The summed E-state index contributed by atoms with van der Waals surface area (Å²) in [6.45, 7) is 5.51. The van der Waals surface area contributed by atoms with E-state index in [0.29, 0.717) is 22.2 Å². The highest BCUT2D eigenvalue weighted by molar-refractivity contribution is 6.01. The van der Waals surface area contributed by atoms with Crippen LogP contribution in [0.2, 0.25) is 0 Å². The lowest BCUT2D eigenvalue weighted by molar-refractivity contribution is -0.384. The zero-order chi connectivity index (χ0) is 15.6. The zero-order valence-corrected chi connectivity index (χ0v) is 12.1. The summed E-state index contributed by atoms with van der Waals surface area (Å²) >= 11 is 0. The molecule has 7 heteroatoms. The Kier molecular flexibility index (Phi) is 4.02. The monoisotopic (exact) mass is 288 g/mol. The van der Waals surface area contributed by atoms with Crippen molar-refractivity contribution < 1.29 is 9.72 Å². The average Bonchev–Trinajstić information content (AvgIpc) is 2.81. The van der Waals surface area contributed by atoms with Gasteiger partial charge in [-0.25, -0.2) is 5.43 Å². The van der Waals surface area contributed by atoms with E-state index in [1.165, 1.54) is 12.1 Å². The molecule has 0 aliphatic carbocycles. The van der Waals surface area contributed by atoms with Gasteiger partial charge in [-0.2, -0.15) is 5.10 Å². The maximum absolute atomic E-state index is 12.1. The minimum Gasteiger partial charge on any atom is -0.350 e. The van der Waals surface area contributed by atoms with E-state index in [1.807, 2.05) is 13.8 Å². The highest BCUT2D eigenvalue weighted by Crippen LogP contribution is 2.25. The summed E-state index contributed by atoms with van der Waals surface area (Å²) in [4.78, 5) is 25.4. The maximum Gasteiger partial charge on any atom is 0.288 e. The molecule has 1 heterocycles. The molecule has 0 spiro atoms. The number of rotatable bonds is 4. The number of benzene rings is 1. The Morgan fingerprint density at radius 3 is 2.81 bits per heavy atom. The molecule has 0 aliphatic rings. The third-order valence-electron chi connectivity index (χ3n) is 3.34. The van der Waals surface area contributed by atoms with Gasteiger partial charge in [0.25, 0.3) is 11.6 Å². The van der Waals surface area contributed by atoms with Crippen molar-refractivity contribution in [1.29, 1.82) is 0 Å². The number of nitrogens with one attached hydrogen (secondary N) is 2. The van der Waals surface area contributed by atoms with Gasteiger partial charge in [-0.05, 0) is 31.9 Å². The molecule has 1 amide bonds. The van der Waals surface area contributed by atoms with E-state index in [0.717, 1.165) is 12.1 Å². The van der Waals surface area contributed by atoms with Crippen molar-refractivity contribution in [2.24, 2.45) is 5.10 Å². The van der Waals surface area contributed by atoms with Gasteiger partial charge in [0.2, 0.25) is 0 Å². The Morgan fingerprint density at radius 2 is 2.19 bits per heavy atom. The first-order valence-electron chi connectivity index (χ1n) is 6.54. The van der Waals surface area contributed by atoms with Crippen molar-refractivity contribution in [3.8, 4) is 0 Å². The van der Waals surface area contributed by atoms with Crippen LogP contribution in [0.25, 0.3) is 10.9 Å². The quantitative estimate of drug-likeness (QED) is 0.514. The van der Waals surface area contributed by atoms with Crippen molar-refractivity contribution in [3.05, 3.63) is 39.6 Å². The lowest BCUT2D eigenvalue weighted by Crippen LogP contribution is -2.20. The molecule has 0 bridgehead atoms. The van der Waals surface area contributed by atoms with Gasteiger partial charge in [0, 0.05) is 28.7 Å². The molecule has 0 radical (unpaired) electrons. The van der Waals surface area contributed by atoms with Crippen LogP contribution in [0.1, 0.15) is 36.3 Å². The van der Waals surface area contributed by atoms with Crippen LogP contribution in [0.15, 0.2) is 23.3 Å². The molecular weight excluding hydrogens is 272 g/mol. The Hall–Kier alpha value is -2.70. The number of non-ortho nitro benzene ring substituents is 1. The molecule has 1 aromatic heterocycles. The first-order chi connectivity index (χ1) is 9.93. The van der Waals surface area contributed by atoms with Crippen LogP contribution >= 0.6 is 0 Å². The lowest BCUT2D eigenvalue weighted by Gasteiger charge is -2.00. The number of aromatic amines is 1. The molecule has 0 fully saturated rings. The van der Waals surface area contributed by atoms with Gasteiger partial charge < -0.3 is 4.98 Å². The summed E-state index contributed by atoms with van der Waals surface area (Å²) in [5.41, 5.74) is 4.98. The third-order valence-corrected chi connectivity index (χ3v) is 3.34. The van der Waals surface area contributed by atoms with E-state index in [1.54, 1.807) is 13.0 Å². The fourth-order valence-electron chi connectivity index (χ4n) is 1.94. The molecule has 110 valence electrons. The largest absolute Gasteiger partial charge is 0.350 e. The van der Waals surface area contributed by atoms with Gasteiger partial charge in [0.05, 0.1) is 4.92 Å². The molecular formula is C14H16N4O3. The van der Waals surface area contributed by atoms with Crippen LogP contribution in [0.3, 0.4) is 0 Å². The van der Waals surface area contributed by atoms with Gasteiger partial charge in [-0.3, -0.25) is 14.9 Å². The lowest BCUT2D eigenvalue weighted by atomic mass is 10.1. The van der Waals surface area contributed by atoms with Crippen LogP contribution in [0, 0.1) is 17.0 Å². The number of fused-ring (bicyclic) bond motifs is 1. The summed E-state index contributed by atoms with van der Waals surface area (Å²) in [7, 11) is 0. The van der Waals surface area contributed by atoms with E-state index in [2.05, 4.69) is 15.5 Å². The first kappa shape index (κ1) is 14.7. The minimum absolute atomic E-state index is 0.00333. The number of aromatic nitrogens is 1. The molecule has 0 aliphatic heterocycles. The van der Waals surface area contributed by atoms with Crippen molar-refractivity contribution in [1.82, 2.24) is 10.4 Å². The van der Waals surface area contributed by atoms with Crippen LogP contribution in [0.4, 0.5) is 5.69 Å². The normalized spacial score (nSPS) is 11.7. The van der Waals surface area contributed by atoms with Crippen LogP contribution in [-0.4, -0.2) is 21.5 Å². The topological polar surface area (TPSA) is 100 Å². The highest BCUT2D eigenvalue weighted by Gasteiger charge is 2.16. The highest BCUT2D eigenvalue weighted by atomic mass is 16.6. The molecule has 21 heavy (non-hydrogen) atoms. The van der Waals surface area contributed by atoms with Crippen LogP contribution in [-0.2, 0) is 0 Å². The number of amides is 1. The number of hydrazone groups is 1. The number of carbonyl (C=O) groups is 1. The maximum atomic E-state index is 12.1. The van der Waals surface area contributed by atoms with Gasteiger partial charge in [-0.15, -0.1) is 0 Å². The number of carbonyl (C=O) groups excluding carboxylic acids is 1. The number of aryl methyl sites for hydroxylation is 1. The fourth-order valence-corrected chi connectivity index (χ4v) is 1.94. The minimum atomic E-state index is -0.458. The number of nitro benzene ring substituents is 1. The second kappa shape index (κ2) is 5.74.